The van der Waals surface area contributed by atoms with Crippen molar-refractivity contribution in [3.8, 4) is 0 Å². The number of benzene rings is 2. The van der Waals surface area contributed by atoms with Crippen LogP contribution >= 0.6 is 0 Å². The highest BCUT2D eigenvalue weighted by atomic mass is 19.4. The Morgan fingerprint density at radius 2 is 1.42 bits per heavy atom. The highest BCUT2D eigenvalue weighted by Crippen LogP contribution is 2.24. The van der Waals surface area contributed by atoms with Gasteiger partial charge in [0.2, 0.25) is 5.91 Å². The molecule has 0 fully saturated rings. The second-order valence-electron chi connectivity index (χ2n) is 4.93. The number of carbonyl (C=O) groups excluding carboxylic acids is 2. The SMILES string of the molecule is N=C(c1ccccc1)C(C(=O)Nc1ccccc1)C(=O)C(F)(F)F. The summed E-state index contributed by atoms with van der Waals surface area (Å²) in [6.45, 7) is 0. The first kappa shape index (κ1) is 17.4. The average Bonchev–Trinajstić information content (AvgIpc) is 2.55. The maximum absolute atomic E-state index is 12.8. The Bertz CT molecular complexity index is 743. The summed E-state index contributed by atoms with van der Waals surface area (Å²) in [4.78, 5) is 23.9. The van der Waals surface area contributed by atoms with Crippen molar-refractivity contribution in [2.24, 2.45) is 5.92 Å². The molecule has 2 aromatic carbocycles. The molecule has 0 bridgehead atoms. The Labute approximate surface area is 135 Å². The number of alkyl halides is 3. The molecule has 1 amide bonds. The number of hydrogen-bond acceptors (Lipinski definition) is 3. The maximum Gasteiger partial charge on any atom is 0.451 e. The smallest absolute Gasteiger partial charge is 0.325 e. The second kappa shape index (κ2) is 7.08. The predicted molar refractivity (Wildman–Crippen MR) is 82.9 cm³/mol. The van der Waals surface area contributed by atoms with Crippen molar-refractivity contribution in [1.82, 2.24) is 0 Å². The van der Waals surface area contributed by atoms with Crippen LogP contribution in [0.3, 0.4) is 0 Å². The van der Waals surface area contributed by atoms with Crippen molar-refractivity contribution >= 4 is 23.1 Å². The molecule has 0 aliphatic carbocycles. The molecule has 0 aliphatic heterocycles. The van der Waals surface area contributed by atoms with Crippen LogP contribution in [0.2, 0.25) is 0 Å². The van der Waals surface area contributed by atoms with Crippen LogP contribution in [0.25, 0.3) is 0 Å². The molecule has 1 atom stereocenters. The van der Waals surface area contributed by atoms with Gasteiger partial charge in [0, 0.05) is 5.69 Å². The second-order valence-corrected chi connectivity index (χ2v) is 4.93. The third-order valence-electron chi connectivity index (χ3n) is 3.22. The third kappa shape index (κ3) is 4.07. The lowest BCUT2D eigenvalue weighted by atomic mass is 9.91. The molecule has 2 aromatic rings. The highest BCUT2D eigenvalue weighted by molar-refractivity contribution is 6.28. The molecule has 0 saturated heterocycles. The minimum absolute atomic E-state index is 0.0725. The van der Waals surface area contributed by atoms with Crippen molar-refractivity contribution in [1.29, 1.82) is 5.41 Å². The van der Waals surface area contributed by atoms with E-state index >= 15 is 0 Å². The fourth-order valence-corrected chi connectivity index (χ4v) is 2.07. The normalized spacial score (nSPS) is 12.3. The average molecular weight is 334 g/mol. The summed E-state index contributed by atoms with van der Waals surface area (Å²) in [5.74, 6) is -5.74. The lowest BCUT2D eigenvalue weighted by Gasteiger charge is -2.18. The standard InChI is InChI=1S/C17H13F3N2O2/c18-17(19,20)15(23)13(14(21)11-7-3-1-4-8-11)16(24)22-12-9-5-2-6-10-12/h1-10,13,21H,(H,22,24). The van der Waals surface area contributed by atoms with E-state index in [1.807, 2.05) is 0 Å². The van der Waals surface area contributed by atoms with Gasteiger partial charge in [0.05, 0.1) is 5.71 Å². The fraction of sp³-hybridized carbons (Fsp3) is 0.118. The third-order valence-corrected chi connectivity index (χ3v) is 3.22. The summed E-state index contributed by atoms with van der Waals surface area (Å²) in [5.41, 5.74) is -0.391. The molecule has 7 heteroatoms. The number of ketones is 1. The Balaban J connectivity index is 2.34. The Hall–Kier alpha value is -2.96. The molecule has 0 radical (unpaired) electrons. The molecule has 0 spiro atoms. The summed E-state index contributed by atoms with van der Waals surface area (Å²) in [6, 6.07) is 15.1. The van der Waals surface area contributed by atoms with E-state index in [2.05, 4.69) is 5.32 Å². The first-order valence-electron chi connectivity index (χ1n) is 6.91. The van der Waals surface area contributed by atoms with Gasteiger partial charge < -0.3 is 10.7 Å². The molecule has 0 saturated carbocycles. The number of para-hydroxylation sites is 1. The van der Waals surface area contributed by atoms with Crippen LogP contribution in [0, 0.1) is 11.3 Å². The Morgan fingerprint density at radius 1 is 0.917 bits per heavy atom. The van der Waals surface area contributed by atoms with Crippen LogP contribution in [0.15, 0.2) is 60.7 Å². The number of halogens is 3. The zero-order valence-corrected chi connectivity index (χ0v) is 12.3. The van der Waals surface area contributed by atoms with Gasteiger partial charge in [-0.05, 0) is 17.7 Å². The summed E-state index contributed by atoms with van der Waals surface area (Å²) in [7, 11) is 0. The molecule has 1 unspecified atom stereocenters. The lowest BCUT2D eigenvalue weighted by molar-refractivity contribution is -0.174. The van der Waals surface area contributed by atoms with Crippen molar-refractivity contribution in [2.45, 2.75) is 6.18 Å². The van der Waals surface area contributed by atoms with E-state index in [0.29, 0.717) is 0 Å². The lowest BCUT2D eigenvalue weighted by Crippen LogP contribution is -2.43. The zero-order chi connectivity index (χ0) is 17.7. The quantitative estimate of drug-likeness (QED) is 0.649. The molecule has 2 rings (SSSR count). The topological polar surface area (TPSA) is 70.0 Å². The number of Topliss-reactive ketones (excluding diaryl/α,β-unsaturated/α-hetero) is 1. The minimum Gasteiger partial charge on any atom is -0.325 e. The van der Waals surface area contributed by atoms with Crippen LogP contribution in [0.4, 0.5) is 18.9 Å². The minimum atomic E-state index is -5.22. The first-order chi connectivity index (χ1) is 11.3. The Kier molecular flexibility index (Phi) is 5.13. The monoisotopic (exact) mass is 334 g/mol. The summed E-state index contributed by atoms with van der Waals surface area (Å²) in [5, 5.41) is 10.2. The van der Waals surface area contributed by atoms with Gasteiger partial charge in [-0.25, -0.2) is 0 Å². The first-order valence-corrected chi connectivity index (χ1v) is 6.91. The van der Waals surface area contributed by atoms with Gasteiger partial charge >= 0.3 is 6.18 Å². The van der Waals surface area contributed by atoms with Crippen LogP contribution in [0.5, 0.6) is 0 Å². The molecule has 0 aliphatic rings. The number of carbonyl (C=O) groups is 2. The van der Waals surface area contributed by atoms with Crippen molar-refractivity contribution in [3.63, 3.8) is 0 Å². The molecule has 2 N–H and O–H groups in total. The van der Waals surface area contributed by atoms with Gasteiger partial charge in [0.25, 0.3) is 5.78 Å². The molecule has 124 valence electrons. The van der Waals surface area contributed by atoms with Crippen molar-refractivity contribution in [3.05, 3.63) is 66.2 Å². The molecule has 4 nitrogen and oxygen atoms in total. The highest BCUT2D eigenvalue weighted by Gasteiger charge is 2.48. The van der Waals surface area contributed by atoms with Gasteiger partial charge in [-0.3, -0.25) is 9.59 Å². The number of rotatable bonds is 5. The van der Waals surface area contributed by atoms with E-state index < -0.39 is 29.5 Å². The number of nitrogens with one attached hydrogen (secondary N) is 2. The predicted octanol–water partition coefficient (Wildman–Crippen LogP) is 3.44. The van der Waals surface area contributed by atoms with Gasteiger partial charge in [0.1, 0.15) is 5.92 Å². The fourth-order valence-electron chi connectivity index (χ4n) is 2.07. The molecule has 24 heavy (non-hydrogen) atoms. The largest absolute Gasteiger partial charge is 0.451 e. The molecule has 0 aromatic heterocycles. The van der Waals surface area contributed by atoms with Crippen LogP contribution in [-0.2, 0) is 9.59 Å². The summed E-state index contributed by atoms with van der Waals surface area (Å²) in [6.07, 6.45) is -5.22. The van der Waals surface area contributed by atoms with E-state index in [-0.39, 0.29) is 11.3 Å². The van der Waals surface area contributed by atoms with E-state index in [9.17, 15) is 22.8 Å². The van der Waals surface area contributed by atoms with Gasteiger partial charge in [-0.15, -0.1) is 0 Å². The van der Waals surface area contributed by atoms with Crippen molar-refractivity contribution in [2.75, 3.05) is 5.32 Å². The Morgan fingerprint density at radius 3 is 1.92 bits per heavy atom. The molecule has 0 heterocycles. The molecular formula is C17H13F3N2O2. The van der Waals surface area contributed by atoms with E-state index in [1.165, 1.54) is 36.4 Å². The van der Waals surface area contributed by atoms with Gasteiger partial charge in [-0.2, -0.15) is 13.2 Å². The zero-order valence-electron chi connectivity index (χ0n) is 12.3. The van der Waals surface area contributed by atoms with E-state index in [4.69, 9.17) is 5.41 Å². The number of amides is 1. The van der Waals surface area contributed by atoms with Crippen molar-refractivity contribution < 1.29 is 22.8 Å². The number of anilines is 1. The maximum atomic E-state index is 12.8. The summed E-state index contributed by atoms with van der Waals surface area (Å²) < 4.78 is 38.5. The van der Waals surface area contributed by atoms with Gasteiger partial charge in [0.15, 0.2) is 0 Å². The van der Waals surface area contributed by atoms with Gasteiger partial charge in [-0.1, -0.05) is 48.5 Å². The van der Waals surface area contributed by atoms with Crippen LogP contribution < -0.4 is 5.32 Å². The van der Waals surface area contributed by atoms with E-state index in [1.54, 1.807) is 24.3 Å². The summed E-state index contributed by atoms with van der Waals surface area (Å²) >= 11 is 0. The van der Waals surface area contributed by atoms with Crippen LogP contribution in [0.1, 0.15) is 5.56 Å². The molecular weight excluding hydrogens is 321 g/mol. The van der Waals surface area contributed by atoms with Crippen LogP contribution in [-0.4, -0.2) is 23.6 Å². The number of hydrogen-bond donors (Lipinski definition) is 2. The van der Waals surface area contributed by atoms with E-state index in [0.717, 1.165) is 0 Å².